The Kier molecular flexibility index (Phi) is 5.52. The predicted molar refractivity (Wildman–Crippen MR) is 96.5 cm³/mol. The molecule has 0 spiro atoms. The lowest BCUT2D eigenvalue weighted by atomic mass is 9.76. The van der Waals surface area contributed by atoms with Gasteiger partial charge < -0.3 is 14.7 Å². The van der Waals surface area contributed by atoms with Crippen LogP contribution in [0.2, 0.25) is 0 Å². The third-order valence-corrected chi connectivity index (χ3v) is 5.01. The smallest absolute Gasteiger partial charge is 0.146 e. The molecule has 2 aromatic rings. The summed E-state index contributed by atoms with van der Waals surface area (Å²) in [7, 11) is 0. The molecule has 1 aromatic heterocycles. The maximum Gasteiger partial charge on any atom is 0.146 e. The number of aliphatic hydroxyl groups excluding tert-OH is 1. The predicted octanol–water partition coefficient (Wildman–Crippen LogP) is 3.00. The molecular formula is C20H23N3O2. The Hall–Kier alpha value is -2.58. The van der Waals surface area contributed by atoms with Crippen LogP contribution in [0.15, 0.2) is 48.7 Å². The van der Waals surface area contributed by atoms with Gasteiger partial charge in [0, 0.05) is 31.3 Å². The van der Waals surface area contributed by atoms with Gasteiger partial charge in [-0.25, -0.2) is 4.98 Å². The summed E-state index contributed by atoms with van der Waals surface area (Å²) in [5.74, 6) is 1.61. The van der Waals surface area contributed by atoms with Crippen LogP contribution in [-0.4, -0.2) is 36.4 Å². The Balaban J connectivity index is 1.57. The highest BCUT2D eigenvalue weighted by Crippen LogP contribution is 2.36. The number of aromatic nitrogens is 1. The zero-order chi connectivity index (χ0) is 17.5. The number of nitrogens with zero attached hydrogens (tertiary/aromatic N) is 3. The van der Waals surface area contributed by atoms with E-state index in [1.807, 2.05) is 30.3 Å². The van der Waals surface area contributed by atoms with Crippen LogP contribution < -0.4 is 9.64 Å². The quantitative estimate of drug-likeness (QED) is 0.877. The van der Waals surface area contributed by atoms with Gasteiger partial charge in [-0.3, -0.25) is 0 Å². The van der Waals surface area contributed by atoms with Crippen LogP contribution in [0.4, 0.5) is 5.82 Å². The van der Waals surface area contributed by atoms with Gasteiger partial charge in [0.1, 0.15) is 17.6 Å². The summed E-state index contributed by atoms with van der Waals surface area (Å²) in [5.41, 5.74) is 0.485. The maximum atomic E-state index is 9.95. The molecule has 1 saturated heterocycles. The number of aliphatic hydroxyl groups is 1. The molecule has 0 bridgehead atoms. The summed E-state index contributed by atoms with van der Waals surface area (Å²) in [6.45, 7) is 2.33. The molecule has 5 heteroatoms. The lowest BCUT2D eigenvalue weighted by molar-refractivity contribution is 0.0707. The number of ether oxygens (including phenoxy) is 1. The van der Waals surface area contributed by atoms with E-state index in [2.05, 4.69) is 16.0 Å². The highest BCUT2D eigenvalue weighted by Gasteiger charge is 2.34. The monoisotopic (exact) mass is 337 g/mol. The summed E-state index contributed by atoms with van der Waals surface area (Å²) in [5, 5.41) is 19.2. The topological polar surface area (TPSA) is 69.4 Å². The molecule has 0 unspecified atom stereocenters. The Morgan fingerprint density at radius 3 is 2.60 bits per heavy atom. The number of rotatable bonds is 6. The van der Waals surface area contributed by atoms with E-state index in [9.17, 15) is 10.4 Å². The first-order valence-corrected chi connectivity index (χ1v) is 8.65. The van der Waals surface area contributed by atoms with E-state index in [1.165, 1.54) is 0 Å². The molecule has 0 radical (unpaired) electrons. The lowest BCUT2D eigenvalue weighted by Crippen LogP contribution is -2.43. The SMILES string of the molecule is N#Cc1cccnc1N1CCC(CO)(CCOc2ccccc2)CC1. The first-order chi connectivity index (χ1) is 12.3. The van der Waals surface area contributed by atoms with Crippen LogP contribution in [0.5, 0.6) is 5.75 Å². The lowest BCUT2D eigenvalue weighted by Gasteiger charge is -2.41. The van der Waals surface area contributed by atoms with Crippen molar-refractivity contribution in [3.8, 4) is 11.8 Å². The van der Waals surface area contributed by atoms with Gasteiger partial charge in [0.05, 0.1) is 12.2 Å². The van der Waals surface area contributed by atoms with Gasteiger partial charge in [-0.15, -0.1) is 0 Å². The van der Waals surface area contributed by atoms with Gasteiger partial charge in [-0.05, 0) is 43.5 Å². The average Bonchev–Trinajstić information content (AvgIpc) is 2.69. The van der Waals surface area contributed by atoms with Crippen molar-refractivity contribution in [3.63, 3.8) is 0 Å². The van der Waals surface area contributed by atoms with Crippen molar-refractivity contribution in [2.75, 3.05) is 31.2 Å². The van der Waals surface area contributed by atoms with E-state index < -0.39 is 0 Å². The number of hydrogen-bond donors (Lipinski definition) is 1. The molecule has 3 rings (SSSR count). The molecule has 1 fully saturated rings. The Morgan fingerprint density at radius 2 is 1.92 bits per heavy atom. The van der Waals surface area contributed by atoms with Crippen molar-refractivity contribution in [2.45, 2.75) is 19.3 Å². The van der Waals surface area contributed by atoms with Crippen LogP contribution in [0.25, 0.3) is 0 Å². The summed E-state index contributed by atoms with van der Waals surface area (Å²) in [6, 6.07) is 15.5. The van der Waals surface area contributed by atoms with Gasteiger partial charge in [-0.2, -0.15) is 5.26 Å². The summed E-state index contributed by atoms with van der Waals surface area (Å²) in [4.78, 5) is 6.51. The largest absolute Gasteiger partial charge is 0.494 e. The fraction of sp³-hybridized carbons (Fsp3) is 0.400. The van der Waals surface area contributed by atoms with Gasteiger partial charge >= 0.3 is 0 Å². The van der Waals surface area contributed by atoms with E-state index in [0.717, 1.165) is 43.9 Å². The minimum absolute atomic E-state index is 0.118. The molecule has 2 heterocycles. The number of para-hydroxylation sites is 1. The number of anilines is 1. The van der Waals surface area contributed by atoms with Crippen molar-refractivity contribution in [3.05, 3.63) is 54.2 Å². The van der Waals surface area contributed by atoms with Gasteiger partial charge in [0.25, 0.3) is 0 Å². The fourth-order valence-corrected chi connectivity index (χ4v) is 3.32. The van der Waals surface area contributed by atoms with Gasteiger partial charge in [0.2, 0.25) is 0 Å². The van der Waals surface area contributed by atoms with Crippen LogP contribution in [0, 0.1) is 16.7 Å². The third-order valence-electron chi connectivity index (χ3n) is 5.01. The molecule has 0 atom stereocenters. The molecule has 1 aliphatic rings. The molecule has 1 aliphatic heterocycles. The second-order valence-electron chi connectivity index (χ2n) is 6.54. The molecule has 1 N–H and O–H groups in total. The average molecular weight is 337 g/mol. The summed E-state index contributed by atoms with van der Waals surface area (Å²) < 4.78 is 5.80. The Labute approximate surface area is 148 Å². The molecule has 25 heavy (non-hydrogen) atoms. The number of piperidine rings is 1. The van der Waals surface area contributed by atoms with E-state index in [4.69, 9.17) is 4.74 Å². The van der Waals surface area contributed by atoms with Crippen LogP contribution in [-0.2, 0) is 0 Å². The third kappa shape index (κ3) is 4.09. The van der Waals surface area contributed by atoms with Gasteiger partial charge in [-0.1, -0.05) is 18.2 Å². The number of nitriles is 1. The number of pyridine rings is 1. The van der Waals surface area contributed by atoms with Gasteiger partial charge in [0.15, 0.2) is 0 Å². The normalized spacial score (nSPS) is 16.2. The second-order valence-corrected chi connectivity index (χ2v) is 6.54. The number of benzene rings is 1. The fourth-order valence-electron chi connectivity index (χ4n) is 3.32. The number of hydrogen-bond acceptors (Lipinski definition) is 5. The second kappa shape index (κ2) is 8.00. The van der Waals surface area contributed by atoms with Crippen molar-refractivity contribution in [1.29, 1.82) is 5.26 Å². The van der Waals surface area contributed by atoms with E-state index >= 15 is 0 Å². The molecular weight excluding hydrogens is 314 g/mol. The summed E-state index contributed by atoms with van der Waals surface area (Å²) in [6.07, 6.45) is 4.27. The van der Waals surface area contributed by atoms with Crippen LogP contribution in [0.1, 0.15) is 24.8 Å². The zero-order valence-corrected chi connectivity index (χ0v) is 14.3. The molecule has 130 valence electrons. The van der Waals surface area contributed by atoms with E-state index in [0.29, 0.717) is 12.2 Å². The van der Waals surface area contributed by atoms with Crippen molar-refractivity contribution >= 4 is 5.82 Å². The Morgan fingerprint density at radius 1 is 1.16 bits per heavy atom. The van der Waals surface area contributed by atoms with Crippen LogP contribution in [0.3, 0.4) is 0 Å². The van der Waals surface area contributed by atoms with Crippen LogP contribution >= 0.6 is 0 Å². The molecule has 1 aromatic carbocycles. The first kappa shape index (κ1) is 17.2. The van der Waals surface area contributed by atoms with Crippen molar-refractivity contribution in [2.24, 2.45) is 5.41 Å². The van der Waals surface area contributed by atoms with E-state index in [1.54, 1.807) is 18.3 Å². The Bertz CT molecular complexity index is 719. The molecule has 0 amide bonds. The molecule has 0 saturated carbocycles. The maximum absolute atomic E-state index is 9.95. The van der Waals surface area contributed by atoms with Crippen molar-refractivity contribution < 1.29 is 9.84 Å². The molecule has 5 nitrogen and oxygen atoms in total. The zero-order valence-electron chi connectivity index (χ0n) is 14.3. The van der Waals surface area contributed by atoms with Crippen molar-refractivity contribution in [1.82, 2.24) is 4.98 Å². The van der Waals surface area contributed by atoms with E-state index in [-0.39, 0.29) is 12.0 Å². The standard InChI is InChI=1S/C20H23N3O2/c21-15-17-5-4-11-22-19(17)23-12-8-20(16-24,9-13-23)10-14-25-18-6-2-1-3-7-18/h1-7,11,24H,8-10,12-14,16H2. The first-order valence-electron chi connectivity index (χ1n) is 8.65. The highest BCUT2D eigenvalue weighted by molar-refractivity contribution is 5.53. The summed E-state index contributed by atoms with van der Waals surface area (Å²) >= 11 is 0. The minimum atomic E-state index is -0.118. The molecule has 0 aliphatic carbocycles. The minimum Gasteiger partial charge on any atom is -0.494 e. The highest BCUT2D eigenvalue weighted by atomic mass is 16.5.